The van der Waals surface area contributed by atoms with Gasteiger partial charge in [-0.15, -0.1) is 11.3 Å². The van der Waals surface area contributed by atoms with Gasteiger partial charge < -0.3 is 5.32 Å². The van der Waals surface area contributed by atoms with Crippen LogP contribution in [-0.4, -0.2) is 21.0 Å². The Morgan fingerprint density at radius 2 is 2.07 bits per heavy atom. The van der Waals surface area contributed by atoms with Crippen molar-refractivity contribution in [2.45, 2.75) is 18.4 Å². The number of anilines is 1. The minimum atomic E-state index is -0.142. The van der Waals surface area contributed by atoms with Crippen molar-refractivity contribution >= 4 is 45.7 Å². The Morgan fingerprint density at radius 3 is 2.74 bits per heavy atom. The number of carbonyl (C=O) groups excluding carboxylic acids is 1. The second kappa shape index (κ2) is 8.54. The van der Waals surface area contributed by atoms with Gasteiger partial charge in [-0.1, -0.05) is 30.8 Å². The van der Waals surface area contributed by atoms with E-state index in [0.717, 1.165) is 17.1 Å². The van der Waals surface area contributed by atoms with Crippen molar-refractivity contribution in [1.29, 1.82) is 10.5 Å². The van der Waals surface area contributed by atoms with Gasteiger partial charge in [0.05, 0.1) is 11.4 Å². The highest BCUT2D eigenvalue weighted by atomic mass is 32.2. The fraction of sp³-hybridized carbons (Fsp3) is 0.158. The molecule has 2 aromatic heterocycles. The van der Waals surface area contributed by atoms with Gasteiger partial charge in [-0.2, -0.15) is 10.5 Å². The predicted octanol–water partition coefficient (Wildman–Crippen LogP) is 4.12. The zero-order chi connectivity index (χ0) is 19.2. The van der Waals surface area contributed by atoms with Crippen LogP contribution >= 0.6 is 23.1 Å². The molecule has 0 aliphatic rings. The van der Waals surface area contributed by atoms with E-state index in [-0.39, 0.29) is 17.2 Å². The fourth-order valence-electron chi connectivity index (χ4n) is 2.40. The summed E-state index contributed by atoms with van der Waals surface area (Å²) in [5.74, 6) is 0.0339. The molecule has 6 nitrogen and oxygen atoms in total. The maximum absolute atomic E-state index is 12.3. The number of rotatable bonds is 6. The Kier molecular flexibility index (Phi) is 5.92. The van der Waals surface area contributed by atoms with Gasteiger partial charge in [0, 0.05) is 17.3 Å². The number of imidazole rings is 1. The number of carbonyl (C=O) groups is 1. The van der Waals surface area contributed by atoms with E-state index in [1.54, 1.807) is 0 Å². The summed E-state index contributed by atoms with van der Waals surface area (Å²) in [6, 6.07) is 11.4. The third kappa shape index (κ3) is 4.37. The minimum Gasteiger partial charge on any atom is -0.325 e. The highest BCUT2D eigenvalue weighted by Crippen LogP contribution is 2.28. The minimum absolute atomic E-state index is 0.00897. The summed E-state index contributed by atoms with van der Waals surface area (Å²) in [4.78, 5) is 17.5. The van der Waals surface area contributed by atoms with Crippen molar-refractivity contribution in [1.82, 2.24) is 9.38 Å². The van der Waals surface area contributed by atoms with Crippen molar-refractivity contribution in [2.75, 3.05) is 11.1 Å². The van der Waals surface area contributed by atoms with E-state index >= 15 is 0 Å². The number of nitrogens with one attached hydrogen (secondary N) is 1. The van der Waals surface area contributed by atoms with Crippen LogP contribution in [0.2, 0.25) is 0 Å². The summed E-state index contributed by atoms with van der Waals surface area (Å²) in [7, 11) is 0. The number of amides is 1. The average Bonchev–Trinajstić information content (AvgIpc) is 3.27. The molecule has 0 saturated heterocycles. The number of fused-ring (bicyclic) bond motifs is 1. The highest BCUT2D eigenvalue weighted by Gasteiger charge is 2.14. The first-order valence-electron chi connectivity index (χ1n) is 8.13. The van der Waals surface area contributed by atoms with Crippen molar-refractivity contribution in [2.24, 2.45) is 0 Å². The average molecular weight is 393 g/mol. The Bertz CT molecular complexity index is 1060. The summed E-state index contributed by atoms with van der Waals surface area (Å²) in [6.07, 6.45) is 4.27. The van der Waals surface area contributed by atoms with Crippen LogP contribution in [0.4, 0.5) is 5.69 Å². The summed E-state index contributed by atoms with van der Waals surface area (Å²) >= 11 is 2.72. The Morgan fingerprint density at radius 1 is 1.33 bits per heavy atom. The van der Waals surface area contributed by atoms with Crippen LogP contribution in [0.5, 0.6) is 0 Å². The molecule has 134 valence electrons. The summed E-state index contributed by atoms with van der Waals surface area (Å²) in [5.41, 5.74) is 2.59. The standard InChI is InChI=1S/C19H15N5OS2/c1-2-13-3-5-15(6-4-13)22-17(25)12-27-18-16(9-14(10-20)11-21)24-7-8-26-19(24)23-18/h3-9H,2,12H2,1H3,(H,22,25). The van der Waals surface area contributed by atoms with Gasteiger partial charge in [0.1, 0.15) is 22.7 Å². The zero-order valence-corrected chi connectivity index (χ0v) is 16.1. The van der Waals surface area contributed by atoms with Crippen molar-refractivity contribution in [3.05, 3.63) is 52.7 Å². The molecule has 0 saturated carbocycles. The van der Waals surface area contributed by atoms with Crippen LogP contribution in [0, 0.1) is 22.7 Å². The lowest BCUT2D eigenvalue weighted by molar-refractivity contribution is -0.113. The lowest BCUT2D eigenvalue weighted by Gasteiger charge is -2.05. The summed E-state index contributed by atoms with van der Waals surface area (Å²) < 4.78 is 1.81. The third-order valence-electron chi connectivity index (χ3n) is 3.77. The number of hydrogen-bond acceptors (Lipinski definition) is 6. The van der Waals surface area contributed by atoms with E-state index in [0.29, 0.717) is 10.7 Å². The Balaban J connectivity index is 1.73. The molecule has 0 aliphatic carbocycles. The molecule has 0 unspecified atom stereocenters. The number of thiazole rings is 1. The zero-order valence-electron chi connectivity index (χ0n) is 14.5. The van der Waals surface area contributed by atoms with Gasteiger partial charge in [-0.25, -0.2) is 4.98 Å². The number of aromatic nitrogens is 2. The molecule has 0 bridgehead atoms. The first kappa shape index (κ1) is 18.7. The van der Waals surface area contributed by atoms with Gasteiger partial charge in [-0.05, 0) is 30.2 Å². The monoisotopic (exact) mass is 393 g/mol. The molecule has 1 N–H and O–H groups in total. The maximum atomic E-state index is 12.3. The predicted molar refractivity (Wildman–Crippen MR) is 107 cm³/mol. The second-order valence-electron chi connectivity index (χ2n) is 5.53. The number of thioether (sulfide) groups is 1. The van der Waals surface area contributed by atoms with Crippen LogP contribution < -0.4 is 5.32 Å². The van der Waals surface area contributed by atoms with E-state index in [9.17, 15) is 4.79 Å². The van der Waals surface area contributed by atoms with Gasteiger partial charge >= 0.3 is 0 Å². The molecule has 2 heterocycles. The molecule has 8 heteroatoms. The molecule has 3 rings (SSSR count). The smallest absolute Gasteiger partial charge is 0.234 e. The normalized spacial score (nSPS) is 10.2. The van der Waals surface area contributed by atoms with Gasteiger partial charge in [0.25, 0.3) is 0 Å². The lowest BCUT2D eigenvalue weighted by atomic mass is 10.1. The van der Waals surface area contributed by atoms with E-state index in [1.807, 2.05) is 52.4 Å². The highest BCUT2D eigenvalue weighted by molar-refractivity contribution is 8.00. The number of allylic oxidation sites excluding steroid dienone is 1. The van der Waals surface area contributed by atoms with E-state index in [4.69, 9.17) is 10.5 Å². The maximum Gasteiger partial charge on any atom is 0.234 e. The number of hydrogen-bond donors (Lipinski definition) is 1. The van der Waals surface area contributed by atoms with Crippen molar-refractivity contribution < 1.29 is 4.79 Å². The number of benzene rings is 1. The molecule has 0 radical (unpaired) electrons. The molecule has 0 spiro atoms. The number of nitrogens with zero attached hydrogens (tertiary/aromatic N) is 4. The topological polar surface area (TPSA) is 94.0 Å². The van der Waals surface area contributed by atoms with Gasteiger partial charge in [0.2, 0.25) is 5.91 Å². The second-order valence-corrected chi connectivity index (χ2v) is 7.36. The quantitative estimate of drug-likeness (QED) is 0.502. The first-order valence-corrected chi connectivity index (χ1v) is 10.00. The third-order valence-corrected chi connectivity index (χ3v) is 5.51. The Labute approximate surface area is 164 Å². The van der Waals surface area contributed by atoms with Crippen molar-refractivity contribution in [3.63, 3.8) is 0 Å². The lowest BCUT2D eigenvalue weighted by Crippen LogP contribution is -2.14. The molecule has 0 fully saturated rings. The van der Waals surface area contributed by atoms with E-state index < -0.39 is 0 Å². The molecule has 1 aromatic carbocycles. The van der Waals surface area contributed by atoms with Crippen LogP contribution in [0.3, 0.4) is 0 Å². The van der Waals surface area contributed by atoms with Crippen LogP contribution in [0.25, 0.3) is 11.0 Å². The SMILES string of the molecule is CCc1ccc(NC(=O)CSc2nc3sccn3c2C=C(C#N)C#N)cc1. The molecular weight excluding hydrogens is 378 g/mol. The van der Waals surface area contributed by atoms with Crippen LogP contribution in [0.1, 0.15) is 18.2 Å². The molecule has 27 heavy (non-hydrogen) atoms. The molecule has 0 aliphatic heterocycles. The van der Waals surface area contributed by atoms with Crippen LogP contribution in [-0.2, 0) is 11.2 Å². The molecule has 0 atom stereocenters. The van der Waals surface area contributed by atoms with Crippen LogP contribution in [0.15, 0.2) is 46.4 Å². The van der Waals surface area contributed by atoms with Gasteiger partial charge in [0.15, 0.2) is 4.96 Å². The summed E-state index contributed by atoms with van der Waals surface area (Å²) in [5, 5.41) is 23.4. The van der Waals surface area contributed by atoms with Gasteiger partial charge in [-0.3, -0.25) is 9.20 Å². The largest absolute Gasteiger partial charge is 0.325 e. The first-order chi connectivity index (χ1) is 13.1. The van der Waals surface area contributed by atoms with Crippen molar-refractivity contribution in [3.8, 4) is 12.1 Å². The van der Waals surface area contributed by atoms with E-state index in [1.165, 1.54) is 34.7 Å². The Hall–Kier alpha value is -3.07. The molecule has 3 aromatic rings. The fourth-order valence-corrected chi connectivity index (χ4v) is 3.98. The number of aryl methyl sites for hydroxylation is 1. The molecule has 1 amide bonds. The molecular formula is C19H15N5OS2. The van der Waals surface area contributed by atoms with E-state index in [2.05, 4.69) is 17.2 Å². The number of nitriles is 2. The summed E-state index contributed by atoms with van der Waals surface area (Å²) in [6.45, 7) is 2.08.